The van der Waals surface area contributed by atoms with Crippen molar-refractivity contribution in [1.82, 2.24) is 0 Å². The SMILES string of the molecule is Cc1ccc(C(=O)Nc2cc(F)c(Br)cc2C)c(F)c1. The van der Waals surface area contributed by atoms with E-state index >= 15 is 0 Å². The molecule has 0 saturated carbocycles. The van der Waals surface area contributed by atoms with Crippen LogP contribution in [0, 0.1) is 25.5 Å². The summed E-state index contributed by atoms with van der Waals surface area (Å²) in [6.07, 6.45) is 0. The van der Waals surface area contributed by atoms with Crippen LogP contribution in [0.1, 0.15) is 21.5 Å². The maximum Gasteiger partial charge on any atom is 0.258 e. The van der Waals surface area contributed by atoms with E-state index in [0.29, 0.717) is 15.7 Å². The fourth-order valence-corrected chi connectivity index (χ4v) is 2.23. The van der Waals surface area contributed by atoms with Crippen LogP contribution in [-0.4, -0.2) is 5.91 Å². The highest BCUT2D eigenvalue weighted by atomic mass is 79.9. The van der Waals surface area contributed by atoms with E-state index in [1.807, 2.05) is 0 Å². The van der Waals surface area contributed by atoms with Gasteiger partial charge in [-0.2, -0.15) is 0 Å². The van der Waals surface area contributed by atoms with Crippen LogP contribution in [0.5, 0.6) is 0 Å². The Labute approximate surface area is 123 Å². The van der Waals surface area contributed by atoms with Crippen molar-refractivity contribution in [2.24, 2.45) is 0 Å². The lowest BCUT2D eigenvalue weighted by molar-refractivity contribution is 0.102. The van der Waals surface area contributed by atoms with E-state index in [1.54, 1.807) is 26.0 Å². The second kappa shape index (κ2) is 5.71. The van der Waals surface area contributed by atoms with Crippen molar-refractivity contribution < 1.29 is 13.6 Å². The van der Waals surface area contributed by atoms with Gasteiger partial charge in [0, 0.05) is 5.69 Å². The molecular weight excluding hydrogens is 328 g/mol. The number of carbonyl (C=O) groups is 1. The molecule has 0 aliphatic rings. The molecule has 0 fully saturated rings. The molecule has 2 aromatic carbocycles. The van der Waals surface area contributed by atoms with Gasteiger partial charge in [0.25, 0.3) is 5.91 Å². The summed E-state index contributed by atoms with van der Waals surface area (Å²) in [6.45, 7) is 3.46. The molecule has 1 N–H and O–H groups in total. The molecule has 0 bridgehead atoms. The molecule has 2 nitrogen and oxygen atoms in total. The largest absolute Gasteiger partial charge is 0.322 e. The van der Waals surface area contributed by atoms with Crippen molar-refractivity contribution in [1.29, 1.82) is 0 Å². The number of aryl methyl sites for hydroxylation is 2. The van der Waals surface area contributed by atoms with Crippen LogP contribution in [0.3, 0.4) is 0 Å². The van der Waals surface area contributed by atoms with Gasteiger partial charge in [0.15, 0.2) is 0 Å². The molecular formula is C15H12BrF2NO. The highest BCUT2D eigenvalue weighted by molar-refractivity contribution is 9.10. The lowest BCUT2D eigenvalue weighted by atomic mass is 10.1. The van der Waals surface area contributed by atoms with E-state index < -0.39 is 17.5 Å². The molecule has 0 saturated heterocycles. The molecule has 0 spiro atoms. The Morgan fingerprint density at radius 2 is 1.80 bits per heavy atom. The Morgan fingerprint density at radius 3 is 2.45 bits per heavy atom. The van der Waals surface area contributed by atoms with Gasteiger partial charge in [-0.05, 0) is 65.2 Å². The van der Waals surface area contributed by atoms with Crippen molar-refractivity contribution in [3.63, 3.8) is 0 Å². The van der Waals surface area contributed by atoms with Gasteiger partial charge in [-0.3, -0.25) is 4.79 Å². The van der Waals surface area contributed by atoms with E-state index in [1.165, 1.54) is 18.2 Å². The summed E-state index contributed by atoms with van der Waals surface area (Å²) in [5.41, 5.74) is 1.65. The summed E-state index contributed by atoms with van der Waals surface area (Å²) in [7, 11) is 0. The third-order valence-electron chi connectivity index (χ3n) is 2.88. The van der Waals surface area contributed by atoms with Crippen LogP contribution in [0.2, 0.25) is 0 Å². The van der Waals surface area contributed by atoms with Gasteiger partial charge < -0.3 is 5.32 Å². The van der Waals surface area contributed by atoms with E-state index in [4.69, 9.17) is 0 Å². The average Bonchev–Trinajstić information content (AvgIpc) is 2.35. The molecule has 0 aliphatic heterocycles. The first-order valence-corrected chi connectivity index (χ1v) is 6.71. The third-order valence-corrected chi connectivity index (χ3v) is 3.49. The smallest absolute Gasteiger partial charge is 0.258 e. The van der Waals surface area contributed by atoms with Crippen LogP contribution in [0.15, 0.2) is 34.8 Å². The van der Waals surface area contributed by atoms with Crippen LogP contribution in [-0.2, 0) is 0 Å². The van der Waals surface area contributed by atoms with E-state index in [9.17, 15) is 13.6 Å². The zero-order valence-corrected chi connectivity index (χ0v) is 12.5. The number of amides is 1. The minimum atomic E-state index is -0.604. The lowest BCUT2D eigenvalue weighted by Gasteiger charge is -2.10. The van der Waals surface area contributed by atoms with Crippen LogP contribution in [0.25, 0.3) is 0 Å². The molecule has 5 heteroatoms. The number of benzene rings is 2. The Hall–Kier alpha value is -1.75. The average molecular weight is 340 g/mol. The second-order valence-corrected chi connectivity index (χ2v) is 5.37. The van der Waals surface area contributed by atoms with Crippen molar-refractivity contribution in [3.05, 3.63) is 63.1 Å². The van der Waals surface area contributed by atoms with Gasteiger partial charge in [-0.25, -0.2) is 8.78 Å². The minimum absolute atomic E-state index is 0.0710. The predicted molar refractivity (Wildman–Crippen MR) is 77.9 cm³/mol. The van der Waals surface area contributed by atoms with Crippen molar-refractivity contribution in [3.8, 4) is 0 Å². The molecule has 0 radical (unpaired) electrons. The molecule has 104 valence electrons. The van der Waals surface area contributed by atoms with Gasteiger partial charge >= 0.3 is 0 Å². The highest BCUT2D eigenvalue weighted by Crippen LogP contribution is 2.24. The van der Waals surface area contributed by atoms with E-state index in [2.05, 4.69) is 21.2 Å². The Morgan fingerprint density at radius 1 is 1.10 bits per heavy atom. The normalized spacial score (nSPS) is 10.4. The van der Waals surface area contributed by atoms with E-state index in [-0.39, 0.29) is 5.56 Å². The predicted octanol–water partition coefficient (Wildman–Crippen LogP) is 4.60. The van der Waals surface area contributed by atoms with Crippen LogP contribution in [0.4, 0.5) is 14.5 Å². The molecule has 0 aliphatic carbocycles. The molecule has 0 atom stereocenters. The number of rotatable bonds is 2. The molecule has 0 heterocycles. The highest BCUT2D eigenvalue weighted by Gasteiger charge is 2.14. The molecule has 0 unspecified atom stereocenters. The Bertz CT molecular complexity index is 686. The van der Waals surface area contributed by atoms with Crippen LogP contribution >= 0.6 is 15.9 Å². The maximum absolute atomic E-state index is 13.7. The topological polar surface area (TPSA) is 29.1 Å². The lowest BCUT2D eigenvalue weighted by Crippen LogP contribution is -2.14. The standard InChI is InChI=1S/C15H12BrF2NO/c1-8-3-4-10(12(17)5-8)15(20)19-14-7-13(18)11(16)6-9(14)2/h3-7H,1-2H3,(H,19,20). The maximum atomic E-state index is 13.7. The first kappa shape index (κ1) is 14.7. The summed E-state index contributed by atoms with van der Waals surface area (Å²) in [4.78, 5) is 12.0. The monoisotopic (exact) mass is 339 g/mol. The van der Waals surface area contributed by atoms with Crippen LogP contribution < -0.4 is 5.32 Å². The fourth-order valence-electron chi connectivity index (χ4n) is 1.77. The summed E-state index contributed by atoms with van der Waals surface area (Å²) in [6, 6.07) is 7.08. The molecule has 0 aromatic heterocycles. The zero-order valence-electron chi connectivity index (χ0n) is 10.9. The van der Waals surface area contributed by atoms with Gasteiger partial charge in [-0.15, -0.1) is 0 Å². The number of carbonyl (C=O) groups excluding carboxylic acids is 1. The molecule has 20 heavy (non-hydrogen) atoms. The Balaban J connectivity index is 2.30. The summed E-state index contributed by atoms with van der Waals surface area (Å²) in [5.74, 6) is -1.69. The van der Waals surface area contributed by atoms with Gasteiger partial charge in [-0.1, -0.05) is 6.07 Å². The zero-order chi connectivity index (χ0) is 14.9. The van der Waals surface area contributed by atoms with Gasteiger partial charge in [0.1, 0.15) is 11.6 Å². The van der Waals surface area contributed by atoms with Gasteiger partial charge in [0.2, 0.25) is 0 Å². The van der Waals surface area contributed by atoms with Crippen molar-refractivity contribution in [2.75, 3.05) is 5.32 Å². The summed E-state index contributed by atoms with van der Waals surface area (Å²) < 4.78 is 27.5. The molecule has 2 aromatic rings. The number of hydrogen-bond acceptors (Lipinski definition) is 1. The number of halogens is 3. The van der Waals surface area contributed by atoms with Crippen molar-refractivity contribution >= 4 is 27.5 Å². The minimum Gasteiger partial charge on any atom is -0.322 e. The second-order valence-electron chi connectivity index (χ2n) is 4.52. The van der Waals surface area contributed by atoms with E-state index in [0.717, 1.165) is 5.56 Å². The number of hydrogen-bond donors (Lipinski definition) is 1. The number of nitrogens with one attached hydrogen (secondary N) is 1. The Kier molecular flexibility index (Phi) is 4.18. The van der Waals surface area contributed by atoms with Gasteiger partial charge in [0.05, 0.1) is 10.0 Å². The first-order chi connectivity index (χ1) is 9.38. The molecule has 2 rings (SSSR count). The molecule has 1 amide bonds. The third kappa shape index (κ3) is 3.04. The van der Waals surface area contributed by atoms with Crippen molar-refractivity contribution in [2.45, 2.75) is 13.8 Å². The fraction of sp³-hybridized carbons (Fsp3) is 0.133. The summed E-state index contributed by atoms with van der Waals surface area (Å²) in [5, 5.41) is 2.52. The number of anilines is 1. The quantitative estimate of drug-likeness (QED) is 0.851. The first-order valence-electron chi connectivity index (χ1n) is 5.91. The summed E-state index contributed by atoms with van der Waals surface area (Å²) >= 11 is 3.06.